The van der Waals surface area contributed by atoms with Gasteiger partial charge in [-0.25, -0.2) is 13.2 Å². The van der Waals surface area contributed by atoms with Crippen LogP contribution in [0.4, 0.5) is 0 Å². The number of esters is 2. The molecule has 12 heteroatoms. The second-order valence-electron chi connectivity index (χ2n) is 7.37. The van der Waals surface area contributed by atoms with Crippen molar-refractivity contribution in [3.05, 3.63) is 28.4 Å². The zero-order chi connectivity index (χ0) is 21.2. The number of nitrogens with one attached hydrogen (secondary N) is 1. The standard InChI is InChI=1S/C17H14I3NO7S/c1-29(25,26)21-15(22)10-6-4-7-11(10)17(24)28-14(7)13(6)27-16(23)8-2-5(18)3-9(19)12(8)20/h2-3,6-7,10-11,13-14H,4H2,1H3,(H,21,22). The molecular formula is C17H14I3NO7S. The molecule has 8 nitrogen and oxygen atoms in total. The fraction of sp³-hybridized carbons (Fsp3) is 0.471. The Hall–Kier alpha value is -0.230. The van der Waals surface area contributed by atoms with Crippen molar-refractivity contribution in [1.82, 2.24) is 4.72 Å². The van der Waals surface area contributed by atoms with Crippen LogP contribution in [0.15, 0.2) is 12.1 Å². The summed E-state index contributed by atoms with van der Waals surface area (Å²) in [5, 5.41) is 0. The highest BCUT2D eigenvalue weighted by molar-refractivity contribution is 14.1. The maximum Gasteiger partial charge on any atom is 0.339 e. The predicted octanol–water partition coefficient (Wildman–Crippen LogP) is 1.91. The molecule has 0 aromatic heterocycles. The molecule has 156 valence electrons. The Bertz CT molecular complexity index is 1040. The van der Waals surface area contributed by atoms with Gasteiger partial charge in [-0.3, -0.25) is 14.3 Å². The van der Waals surface area contributed by atoms with Crippen LogP contribution in [0, 0.1) is 34.4 Å². The normalized spacial score (nSPS) is 32.2. The Balaban J connectivity index is 1.62. The van der Waals surface area contributed by atoms with Crippen molar-refractivity contribution >= 4 is 95.6 Å². The number of hydrogen-bond donors (Lipinski definition) is 1. The van der Waals surface area contributed by atoms with Crippen LogP contribution in [0.5, 0.6) is 0 Å². The fourth-order valence-corrected chi connectivity index (χ4v) is 7.53. The lowest BCUT2D eigenvalue weighted by atomic mass is 9.78. The molecule has 1 aromatic rings. The molecule has 0 radical (unpaired) electrons. The van der Waals surface area contributed by atoms with Crippen LogP contribution in [0.1, 0.15) is 16.8 Å². The molecule has 3 aliphatic rings. The van der Waals surface area contributed by atoms with Gasteiger partial charge in [0.25, 0.3) is 0 Å². The predicted molar refractivity (Wildman–Crippen MR) is 125 cm³/mol. The summed E-state index contributed by atoms with van der Waals surface area (Å²) >= 11 is 6.33. The summed E-state index contributed by atoms with van der Waals surface area (Å²) in [5.74, 6) is -4.14. The smallest absolute Gasteiger partial charge is 0.339 e. The minimum absolute atomic E-state index is 0.254. The van der Waals surface area contributed by atoms with Gasteiger partial charge in [0.2, 0.25) is 15.9 Å². The van der Waals surface area contributed by atoms with Crippen LogP contribution in [0.3, 0.4) is 0 Å². The molecule has 1 amide bonds. The summed E-state index contributed by atoms with van der Waals surface area (Å²) in [6.07, 6.45) is -0.0200. The average Bonchev–Trinajstić information content (AvgIpc) is 3.19. The van der Waals surface area contributed by atoms with Gasteiger partial charge < -0.3 is 9.47 Å². The number of carbonyl (C=O) groups is 3. The largest absolute Gasteiger partial charge is 0.458 e. The van der Waals surface area contributed by atoms with Gasteiger partial charge in [-0.05, 0) is 86.3 Å². The Labute approximate surface area is 207 Å². The number of amides is 1. The molecule has 4 rings (SSSR count). The number of hydrogen-bond acceptors (Lipinski definition) is 7. The third kappa shape index (κ3) is 3.90. The number of halogens is 3. The zero-order valence-electron chi connectivity index (χ0n) is 14.7. The maximum atomic E-state index is 12.9. The van der Waals surface area contributed by atoms with E-state index in [1.807, 2.05) is 10.8 Å². The molecule has 1 aromatic carbocycles. The van der Waals surface area contributed by atoms with Gasteiger partial charge in [-0.2, -0.15) is 0 Å². The Morgan fingerprint density at radius 1 is 1.21 bits per heavy atom. The van der Waals surface area contributed by atoms with E-state index in [2.05, 4.69) is 67.8 Å². The van der Waals surface area contributed by atoms with E-state index < -0.39 is 57.8 Å². The highest BCUT2D eigenvalue weighted by atomic mass is 127. The number of sulfonamides is 1. The number of fused-ring (bicyclic) bond motifs is 1. The van der Waals surface area contributed by atoms with E-state index in [4.69, 9.17) is 9.47 Å². The Morgan fingerprint density at radius 3 is 2.55 bits per heavy atom. The molecule has 6 atom stereocenters. The summed E-state index contributed by atoms with van der Waals surface area (Å²) in [6, 6.07) is 3.66. The van der Waals surface area contributed by atoms with Crippen molar-refractivity contribution in [1.29, 1.82) is 0 Å². The highest BCUT2D eigenvalue weighted by Gasteiger charge is 2.69. The van der Waals surface area contributed by atoms with E-state index in [0.29, 0.717) is 12.0 Å². The van der Waals surface area contributed by atoms with E-state index in [0.717, 1.165) is 17.0 Å². The van der Waals surface area contributed by atoms with E-state index in [1.165, 1.54) is 0 Å². The van der Waals surface area contributed by atoms with Gasteiger partial charge >= 0.3 is 11.9 Å². The topological polar surface area (TPSA) is 116 Å². The summed E-state index contributed by atoms with van der Waals surface area (Å²) in [4.78, 5) is 37.8. The third-order valence-electron chi connectivity index (χ3n) is 5.59. The first-order chi connectivity index (χ1) is 13.5. The SMILES string of the molecule is CS(=O)(=O)NC(=O)C1C2CC3C(OC(=O)C31)C2OC(=O)c1cc(I)cc(I)c1I. The van der Waals surface area contributed by atoms with Gasteiger partial charge in [0.05, 0.1) is 23.7 Å². The second-order valence-corrected chi connectivity index (χ2v) is 12.6. The molecule has 1 aliphatic heterocycles. The van der Waals surface area contributed by atoms with Crippen LogP contribution >= 0.6 is 67.8 Å². The van der Waals surface area contributed by atoms with E-state index in [-0.39, 0.29) is 5.92 Å². The van der Waals surface area contributed by atoms with Gasteiger partial charge in [-0.15, -0.1) is 0 Å². The maximum absolute atomic E-state index is 12.9. The second kappa shape index (κ2) is 7.72. The van der Waals surface area contributed by atoms with Crippen LogP contribution < -0.4 is 4.72 Å². The summed E-state index contributed by atoms with van der Waals surface area (Å²) < 4.78 is 38.7. The van der Waals surface area contributed by atoms with Crippen LogP contribution in [-0.2, 0) is 29.1 Å². The first-order valence-corrected chi connectivity index (χ1v) is 13.7. The quantitative estimate of drug-likeness (QED) is 0.284. The fourth-order valence-electron chi connectivity index (χ4n) is 4.65. The van der Waals surface area contributed by atoms with E-state index >= 15 is 0 Å². The lowest BCUT2D eigenvalue weighted by Gasteiger charge is -2.30. The summed E-state index contributed by atoms with van der Waals surface area (Å²) in [7, 11) is -3.77. The van der Waals surface area contributed by atoms with Gasteiger partial charge in [-0.1, -0.05) is 0 Å². The van der Waals surface area contributed by atoms with Crippen LogP contribution in [0.25, 0.3) is 0 Å². The molecule has 0 spiro atoms. The molecule has 2 bridgehead atoms. The zero-order valence-corrected chi connectivity index (χ0v) is 22.0. The molecule has 29 heavy (non-hydrogen) atoms. The van der Waals surface area contributed by atoms with Gasteiger partial charge in [0, 0.05) is 22.5 Å². The minimum atomic E-state index is -3.77. The van der Waals surface area contributed by atoms with E-state index in [1.54, 1.807) is 6.07 Å². The molecule has 2 aliphatic carbocycles. The molecule has 2 saturated carbocycles. The van der Waals surface area contributed by atoms with Gasteiger partial charge in [0.15, 0.2) is 0 Å². The monoisotopic (exact) mass is 757 g/mol. The number of rotatable bonds is 4. The van der Waals surface area contributed by atoms with Crippen molar-refractivity contribution in [2.45, 2.75) is 18.6 Å². The first-order valence-electron chi connectivity index (χ1n) is 8.55. The Kier molecular flexibility index (Phi) is 5.85. The number of carbonyl (C=O) groups excluding carboxylic acids is 3. The van der Waals surface area contributed by atoms with Crippen molar-refractivity contribution in [3.8, 4) is 0 Å². The molecule has 1 heterocycles. The molecular weight excluding hydrogens is 743 g/mol. The van der Waals surface area contributed by atoms with Gasteiger partial charge in [0.1, 0.15) is 12.2 Å². The third-order valence-corrected chi connectivity index (χ3v) is 9.83. The Morgan fingerprint density at radius 2 is 1.90 bits per heavy atom. The highest BCUT2D eigenvalue weighted by Crippen LogP contribution is 2.58. The molecule has 1 saturated heterocycles. The van der Waals surface area contributed by atoms with Crippen LogP contribution in [0.2, 0.25) is 0 Å². The van der Waals surface area contributed by atoms with Crippen LogP contribution in [-0.4, -0.2) is 44.7 Å². The summed E-state index contributed by atoms with van der Waals surface area (Å²) in [6.45, 7) is 0. The number of benzene rings is 1. The first kappa shape index (κ1) is 22.0. The molecule has 1 N–H and O–H groups in total. The van der Waals surface area contributed by atoms with Crippen molar-refractivity contribution in [2.24, 2.45) is 23.7 Å². The number of ether oxygens (including phenoxy) is 2. The average molecular weight is 757 g/mol. The van der Waals surface area contributed by atoms with E-state index in [9.17, 15) is 22.8 Å². The lowest BCUT2D eigenvalue weighted by molar-refractivity contribution is -0.147. The molecule has 6 unspecified atom stereocenters. The minimum Gasteiger partial charge on any atom is -0.458 e. The van der Waals surface area contributed by atoms with Crippen molar-refractivity contribution in [3.63, 3.8) is 0 Å². The lowest BCUT2D eigenvalue weighted by Crippen LogP contribution is -2.47. The molecule has 3 fully saturated rings. The van der Waals surface area contributed by atoms with Crippen molar-refractivity contribution in [2.75, 3.05) is 6.26 Å². The summed E-state index contributed by atoms with van der Waals surface area (Å²) in [5.41, 5.74) is 0.405. The van der Waals surface area contributed by atoms with Crippen molar-refractivity contribution < 1.29 is 32.3 Å².